The fourth-order valence-electron chi connectivity index (χ4n) is 1.19. The third-order valence-electron chi connectivity index (χ3n) is 1.74. The molecule has 4 N–H and O–H groups in total. The number of carbonyl (C=O) groups excluding carboxylic acids is 1. The average Bonchev–Trinajstić information content (AvgIpc) is 2.49. The molecule has 2 aromatic rings. The van der Waals surface area contributed by atoms with Gasteiger partial charge < -0.3 is 15.6 Å². The quantitative estimate of drug-likeness (QED) is 0.698. The zero-order chi connectivity index (χ0) is 8.55. The van der Waals surface area contributed by atoms with Crippen molar-refractivity contribution >= 4 is 16.9 Å². The number of hydrogen-bond acceptors (Lipinski definition) is 2. The Morgan fingerprint density at radius 2 is 2.08 bits per heavy atom. The largest absolute Gasteiger partial charge is 0.464 e. The molecule has 0 fully saturated rings. The van der Waals surface area contributed by atoms with Gasteiger partial charge in [0.05, 0.1) is 11.8 Å². The van der Waals surface area contributed by atoms with Gasteiger partial charge in [-0.15, -0.1) is 0 Å². The molecule has 0 aliphatic heterocycles. The standard InChI is InChI=1S/C9H7NO2.H2O/c10-9(11)7-3-1-2-6-4-5-12-8(6)7;/h1-5H,(H2,10,11);1H2. The maximum absolute atomic E-state index is 10.9. The van der Waals surface area contributed by atoms with Crippen molar-refractivity contribution in [3.8, 4) is 0 Å². The first-order valence-corrected chi connectivity index (χ1v) is 3.55. The van der Waals surface area contributed by atoms with Crippen LogP contribution in [0.1, 0.15) is 10.4 Å². The lowest BCUT2D eigenvalue weighted by Gasteiger charge is -1.94. The van der Waals surface area contributed by atoms with Crippen LogP contribution in [0, 0.1) is 0 Å². The molecule has 13 heavy (non-hydrogen) atoms. The predicted molar refractivity (Wildman–Crippen MR) is 48.3 cm³/mol. The van der Waals surface area contributed by atoms with E-state index < -0.39 is 5.91 Å². The van der Waals surface area contributed by atoms with Crippen molar-refractivity contribution in [2.75, 3.05) is 0 Å². The first kappa shape index (κ1) is 9.28. The Morgan fingerprint density at radius 1 is 1.31 bits per heavy atom. The van der Waals surface area contributed by atoms with Crippen LogP contribution in [-0.2, 0) is 0 Å². The van der Waals surface area contributed by atoms with E-state index in [1.807, 2.05) is 6.07 Å². The lowest BCUT2D eigenvalue weighted by molar-refractivity contribution is 0.100. The molecule has 1 aromatic heterocycles. The van der Waals surface area contributed by atoms with Crippen LogP contribution in [-0.4, -0.2) is 11.4 Å². The second-order valence-electron chi connectivity index (χ2n) is 2.51. The van der Waals surface area contributed by atoms with Gasteiger partial charge in [-0.1, -0.05) is 12.1 Å². The summed E-state index contributed by atoms with van der Waals surface area (Å²) in [6.07, 6.45) is 1.54. The molecule has 1 heterocycles. The molecule has 4 nitrogen and oxygen atoms in total. The van der Waals surface area contributed by atoms with E-state index in [1.54, 1.807) is 18.2 Å². The number of amides is 1. The Bertz CT molecular complexity index is 433. The third-order valence-corrected chi connectivity index (χ3v) is 1.74. The van der Waals surface area contributed by atoms with Crippen molar-refractivity contribution in [1.82, 2.24) is 0 Å². The van der Waals surface area contributed by atoms with Crippen molar-refractivity contribution in [1.29, 1.82) is 0 Å². The minimum absolute atomic E-state index is 0. The molecule has 1 amide bonds. The van der Waals surface area contributed by atoms with E-state index in [-0.39, 0.29) is 5.48 Å². The van der Waals surface area contributed by atoms with Gasteiger partial charge in [0.15, 0.2) is 0 Å². The summed E-state index contributed by atoms with van der Waals surface area (Å²) in [7, 11) is 0. The number of rotatable bonds is 1. The van der Waals surface area contributed by atoms with Gasteiger partial charge in [-0.25, -0.2) is 0 Å². The van der Waals surface area contributed by atoms with Crippen LogP contribution in [0.15, 0.2) is 34.9 Å². The van der Waals surface area contributed by atoms with Crippen molar-refractivity contribution in [2.45, 2.75) is 0 Å². The lowest BCUT2D eigenvalue weighted by atomic mass is 10.1. The highest BCUT2D eigenvalue weighted by molar-refractivity contribution is 6.03. The van der Waals surface area contributed by atoms with Crippen molar-refractivity contribution in [3.63, 3.8) is 0 Å². The van der Waals surface area contributed by atoms with E-state index >= 15 is 0 Å². The van der Waals surface area contributed by atoms with Crippen LogP contribution < -0.4 is 5.73 Å². The van der Waals surface area contributed by atoms with E-state index in [9.17, 15) is 4.79 Å². The van der Waals surface area contributed by atoms with Crippen molar-refractivity contribution in [3.05, 3.63) is 36.1 Å². The smallest absolute Gasteiger partial charge is 0.252 e. The van der Waals surface area contributed by atoms with Crippen molar-refractivity contribution in [2.24, 2.45) is 5.73 Å². The van der Waals surface area contributed by atoms with Gasteiger partial charge in [0.25, 0.3) is 5.91 Å². The molecule has 0 aliphatic carbocycles. The molecular weight excluding hydrogens is 170 g/mol. The van der Waals surface area contributed by atoms with E-state index in [2.05, 4.69) is 0 Å². The number of primary amides is 1. The van der Waals surface area contributed by atoms with E-state index in [0.29, 0.717) is 11.1 Å². The number of carbonyl (C=O) groups is 1. The van der Waals surface area contributed by atoms with Gasteiger partial charge in [0, 0.05) is 5.39 Å². The molecule has 0 atom stereocenters. The van der Waals surface area contributed by atoms with Crippen LogP contribution in [0.4, 0.5) is 0 Å². The Hall–Kier alpha value is -1.81. The first-order chi connectivity index (χ1) is 5.79. The summed E-state index contributed by atoms with van der Waals surface area (Å²) in [6, 6.07) is 7.08. The highest BCUT2D eigenvalue weighted by Gasteiger charge is 2.07. The Kier molecular flexibility index (Phi) is 2.34. The fraction of sp³-hybridized carbons (Fsp3) is 0. The minimum atomic E-state index is -0.462. The Labute approximate surface area is 74.3 Å². The zero-order valence-electron chi connectivity index (χ0n) is 6.78. The molecule has 0 saturated heterocycles. The minimum Gasteiger partial charge on any atom is -0.464 e. The summed E-state index contributed by atoms with van der Waals surface area (Å²) >= 11 is 0. The molecule has 0 unspecified atom stereocenters. The molecule has 0 saturated carbocycles. The van der Waals surface area contributed by atoms with Crippen LogP contribution in [0.5, 0.6) is 0 Å². The van der Waals surface area contributed by atoms with E-state index in [0.717, 1.165) is 5.39 Å². The zero-order valence-corrected chi connectivity index (χ0v) is 6.78. The number of para-hydroxylation sites is 1. The topological polar surface area (TPSA) is 87.7 Å². The summed E-state index contributed by atoms with van der Waals surface area (Å²) in [6.45, 7) is 0. The van der Waals surface area contributed by atoms with Crippen LogP contribution >= 0.6 is 0 Å². The number of furan rings is 1. The molecular formula is C9H9NO3. The van der Waals surface area contributed by atoms with Crippen LogP contribution in [0.2, 0.25) is 0 Å². The monoisotopic (exact) mass is 179 g/mol. The lowest BCUT2D eigenvalue weighted by Crippen LogP contribution is -2.10. The third kappa shape index (κ3) is 1.39. The number of benzene rings is 1. The van der Waals surface area contributed by atoms with Gasteiger partial charge in [-0.3, -0.25) is 4.79 Å². The molecule has 68 valence electrons. The molecule has 4 heteroatoms. The first-order valence-electron chi connectivity index (χ1n) is 3.55. The van der Waals surface area contributed by atoms with Crippen LogP contribution in [0.3, 0.4) is 0 Å². The fourth-order valence-corrected chi connectivity index (χ4v) is 1.19. The average molecular weight is 179 g/mol. The summed E-state index contributed by atoms with van der Waals surface area (Å²) in [5.41, 5.74) is 6.13. The Balaban J connectivity index is 0.000000845. The summed E-state index contributed by atoms with van der Waals surface area (Å²) in [5.74, 6) is -0.462. The van der Waals surface area contributed by atoms with Gasteiger partial charge >= 0.3 is 0 Å². The Morgan fingerprint density at radius 3 is 2.77 bits per heavy atom. The van der Waals surface area contributed by atoms with Gasteiger partial charge in [-0.2, -0.15) is 0 Å². The molecule has 0 bridgehead atoms. The predicted octanol–water partition coefficient (Wildman–Crippen LogP) is 0.707. The van der Waals surface area contributed by atoms with Gasteiger partial charge in [0.2, 0.25) is 0 Å². The highest BCUT2D eigenvalue weighted by Crippen LogP contribution is 2.18. The SMILES string of the molecule is NC(=O)c1cccc2ccoc12.O. The van der Waals surface area contributed by atoms with E-state index in [1.165, 1.54) is 6.26 Å². The summed E-state index contributed by atoms with van der Waals surface area (Å²) < 4.78 is 5.11. The maximum Gasteiger partial charge on any atom is 0.252 e. The normalized spacial score (nSPS) is 9.54. The van der Waals surface area contributed by atoms with Gasteiger partial charge in [-0.05, 0) is 12.1 Å². The molecule has 0 aliphatic rings. The highest BCUT2D eigenvalue weighted by atomic mass is 16.3. The summed E-state index contributed by atoms with van der Waals surface area (Å²) in [5, 5.41) is 0.895. The summed E-state index contributed by atoms with van der Waals surface area (Å²) in [4.78, 5) is 10.9. The second-order valence-corrected chi connectivity index (χ2v) is 2.51. The molecule has 1 aromatic carbocycles. The number of nitrogens with two attached hydrogens (primary N) is 1. The molecule has 2 rings (SSSR count). The number of hydrogen-bond donors (Lipinski definition) is 1. The van der Waals surface area contributed by atoms with E-state index in [4.69, 9.17) is 10.2 Å². The second kappa shape index (κ2) is 3.28. The molecule has 0 radical (unpaired) electrons. The van der Waals surface area contributed by atoms with Crippen molar-refractivity contribution < 1.29 is 14.7 Å². The number of fused-ring (bicyclic) bond motifs is 1. The maximum atomic E-state index is 10.9. The van der Waals surface area contributed by atoms with Gasteiger partial charge in [0.1, 0.15) is 5.58 Å². The molecule has 0 spiro atoms. The van der Waals surface area contributed by atoms with Crippen LogP contribution in [0.25, 0.3) is 11.0 Å².